The summed E-state index contributed by atoms with van der Waals surface area (Å²) >= 11 is 0. The monoisotopic (exact) mass is 579 g/mol. The Hall–Kier alpha value is -1.47. The highest BCUT2D eigenvalue weighted by molar-refractivity contribution is 5.09. The molecule has 0 aromatic carbocycles. The predicted octanol–water partition coefficient (Wildman–Crippen LogP) is 9.06. The van der Waals surface area contributed by atoms with Gasteiger partial charge in [0.05, 0.1) is 12.0 Å². The van der Waals surface area contributed by atoms with E-state index in [9.17, 15) is 5.26 Å². The summed E-state index contributed by atoms with van der Waals surface area (Å²) in [6, 6.07) is 3.16. The van der Waals surface area contributed by atoms with Crippen molar-refractivity contribution in [2.75, 3.05) is 27.7 Å². The molecule has 0 aliphatic heterocycles. The minimum atomic E-state index is 0.120. The highest BCUT2D eigenvalue weighted by atomic mass is 15.1. The van der Waals surface area contributed by atoms with Crippen LogP contribution in [0, 0.1) is 58.7 Å². The van der Waals surface area contributed by atoms with Gasteiger partial charge in [-0.3, -0.25) is 0 Å². The van der Waals surface area contributed by atoms with E-state index in [0.717, 1.165) is 48.8 Å². The van der Waals surface area contributed by atoms with Gasteiger partial charge in [-0.15, -0.1) is 0 Å². The number of nitrogens with one attached hydrogen (secondary N) is 2. The first kappa shape index (κ1) is 33.4. The number of rotatable bonds is 14. The number of nitriles is 1. The second-order valence-electron chi connectivity index (χ2n) is 15.4. The van der Waals surface area contributed by atoms with Gasteiger partial charge in [0.2, 0.25) is 0 Å². The van der Waals surface area contributed by atoms with Crippen molar-refractivity contribution >= 4 is 0 Å². The molecule has 4 fully saturated rings. The summed E-state index contributed by atoms with van der Waals surface area (Å²) < 4.78 is 0. The second-order valence-corrected chi connectivity index (χ2v) is 15.4. The summed E-state index contributed by atoms with van der Waals surface area (Å²) in [4.78, 5) is 2.26. The summed E-state index contributed by atoms with van der Waals surface area (Å²) in [7, 11) is 6.35. The van der Waals surface area contributed by atoms with E-state index < -0.39 is 0 Å². The van der Waals surface area contributed by atoms with Crippen molar-refractivity contribution in [3.63, 3.8) is 0 Å². The van der Waals surface area contributed by atoms with Crippen LogP contribution >= 0.6 is 0 Å². The third kappa shape index (κ3) is 9.51. The largest absolute Gasteiger partial charge is 0.384 e. The maximum absolute atomic E-state index is 10.5. The van der Waals surface area contributed by atoms with Crippen LogP contribution in [0.5, 0.6) is 0 Å². The number of hydrogen-bond donors (Lipinski definition) is 2. The Bertz CT molecular complexity index is 861. The minimum Gasteiger partial charge on any atom is -0.384 e. The van der Waals surface area contributed by atoms with Crippen LogP contribution in [0.3, 0.4) is 0 Å². The molecule has 4 heteroatoms. The Labute approximate surface area is 260 Å². The molecule has 0 heterocycles. The Balaban J connectivity index is 1.54. The third-order valence-corrected chi connectivity index (χ3v) is 12.2. The zero-order valence-electron chi connectivity index (χ0n) is 27.9. The second kappa shape index (κ2) is 17.1. The van der Waals surface area contributed by atoms with Crippen molar-refractivity contribution in [2.45, 2.75) is 134 Å². The summed E-state index contributed by atoms with van der Waals surface area (Å²) in [6.07, 6.45) is 27.4. The van der Waals surface area contributed by atoms with E-state index >= 15 is 0 Å². The molecule has 4 aliphatic rings. The van der Waals surface area contributed by atoms with Gasteiger partial charge in [0, 0.05) is 38.1 Å². The fraction of sp³-hybridized carbons (Fsp3) is 0.868. The van der Waals surface area contributed by atoms with E-state index in [0.29, 0.717) is 23.8 Å². The molecular formula is C38H66N4. The molecule has 0 spiro atoms. The first-order valence-electron chi connectivity index (χ1n) is 18.2. The van der Waals surface area contributed by atoms with Crippen LogP contribution in [0.2, 0.25) is 0 Å². The lowest BCUT2D eigenvalue weighted by molar-refractivity contribution is 0.0810. The van der Waals surface area contributed by atoms with Gasteiger partial charge in [0.25, 0.3) is 0 Å². The Morgan fingerprint density at radius 3 is 1.95 bits per heavy atom. The molecule has 0 aromatic rings. The van der Waals surface area contributed by atoms with Crippen LogP contribution in [0.25, 0.3) is 0 Å². The van der Waals surface area contributed by atoms with Crippen LogP contribution in [0.4, 0.5) is 0 Å². The van der Waals surface area contributed by atoms with Crippen molar-refractivity contribution in [2.24, 2.45) is 47.3 Å². The van der Waals surface area contributed by atoms with Gasteiger partial charge < -0.3 is 15.5 Å². The SMILES string of the molecule is C=C(CNC)NC1[C@H](C[C@@H]2CCCCC2CC2CCCCC2)CC[C@H](C#N)[C@@H]1C[C@@H](CC1CCCCC1)C(=C)N(C)C. The van der Waals surface area contributed by atoms with Gasteiger partial charge >= 0.3 is 0 Å². The third-order valence-electron chi connectivity index (χ3n) is 12.2. The Morgan fingerprint density at radius 2 is 1.36 bits per heavy atom. The fourth-order valence-electron chi connectivity index (χ4n) is 9.88. The maximum atomic E-state index is 10.5. The zero-order valence-corrected chi connectivity index (χ0v) is 27.9. The van der Waals surface area contributed by atoms with E-state index in [-0.39, 0.29) is 5.92 Å². The maximum Gasteiger partial charge on any atom is 0.0659 e. The van der Waals surface area contributed by atoms with Crippen molar-refractivity contribution in [3.05, 3.63) is 24.6 Å². The van der Waals surface area contributed by atoms with Gasteiger partial charge in [-0.25, -0.2) is 0 Å². The van der Waals surface area contributed by atoms with Crippen molar-refractivity contribution in [1.29, 1.82) is 5.26 Å². The van der Waals surface area contributed by atoms with Crippen molar-refractivity contribution < 1.29 is 0 Å². The molecule has 7 atom stereocenters. The van der Waals surface area contributed by atoms with Crippen molar-refractivity contribution in [3.8, 4) is 6.07 Å². The molecule has 0 amide bonds. The van der Waals surface area contributed by atoms with Crippen LogP contribution in [-0.2, 0) is 0 Å². The van der Waals surface area contributed by atoms with Crippen LogP contribution < -0.4 is 10.6 Å². The molecule has 4 saturated carbocycles. The van der Waals surface area contributed by atoms with E-state index in [1.807, 2.05) is 7.05 Å². The summed E-state index contributed by atoms with van der Waals surface area (Å²) in [5.41, 5.74) is 2.36. The fourth-order valence-corrected chi connectivity index (χ4v) is 9.88. The van der Waals surface area contributed by atoms with Gasteiger partial charge in [-0.1, -0.05) is 103 Å². The van der Waals surface area contributed by atoms with Gasteiger partial charge in [-0.05, 0) is 87.0 Å². The lowest BCUT2D eigenvalue weighted by atomic mass is 9.62. The summed E-state index contributed by atoms with van der Waals surface area (Å²) in [5.74, 6) is 5.14. The molecule has 0 aromatic heterocycles. The van der Waals surface area contributed by atoms with E-state index in [4.69, 9.17) is 0 Å². The van der Waals surface area contributed by atoms with Crippen LogP contribution in [0.1, 0.15) is 128 Å². The number of nitrogens with zero attached hydrogens (tertiary/aromatic N) is 2. The predicted molar refractivity (Wildman–Crippen MR) is 179 cm³/mol. The number of likely N-dealkylation sites (N-methyl/N-ethyl adjacent to an activating group) is 1. The van der Waals surface area contributed by atoms with Crippen molar-refractivity contribution in [1.82, 2.24) is 15.5 Å². The molecule has 2 unspecified atom stereocenters. The molecule has 238 valence electrons. The zero-order chi connectivity index (χ0) is 29.9. The van der Waals surface area contributed by atoms with Crippen LogP contribution in [-0.4, -0.2) is 38.6 Å². The Morgan fingerprint density at radius 1 is 0.762 bits per heavy atom. The molecule has 4 nitrogen and oxygen atoms in total. The lowest BCUT2D eigenvalue weighted by Gasteiger charge is -2.46. The van der Waals surface area contributed by atoms with Gasteiger partial charge in [-0.2, -0.15) is 5.26 Å². The molecule has 0 saturated heterocycles. The first-order chi connectivity index (χ1) is 20.4. The molecule has 42 heavy (non-hydrogen) atoms. The van der Waals surface area contributed by atoms with E-state index in [1.54, 1.807) is 0 Å². The normalized spacial score (nSPS) is 32.0. The highest BCUT2D eigenvalue weighted by Gasteiger charge is 2.43. The van der Waals surface area contributed by atoms with Gasteiger partial charge in [0.15, 0.2) is 0 Å². The van der Waals surface area contributed by atoms with E-state index in [1.165, 1.54) is 121 Å². The molecule has 4 aliphatic carbocycles. The molecule has 4 rings (SSSR count). The average Bonchev–Trinajstić information content (AvgIpc) is 3.00. The Kier molecular flexibility index (Phi) is 13.6. The molecule has 2 N–H and O–H groups in total. The highest BCUT2D eigenvalue weighted by Crippen LogP contribution is 2.47. The van der Waals surface area contributed by atoms with Crippen LogP contribution in [0.15, 0.2) is 24.6 Å². The molecule has 0 radical (unpaired) electrons. The number of allylic oxidation sites excluding steroid dienone is 1. The van der Waals surface area contributed by atoms with E-state index in [2.05, 4.69) is 48.9 Å². The lowest BCUT2D eigenvalue weighted by Crippen LogP contribution is -2.50. The first-order valence-corrected chi connectivity index (χ1v) is 18.2. The molecular weight excluding hydrogens is 512 g/mol. The summed E-state index contributed by atoms with van der Waals surface area (Å²) in [5, 5.41) is 17.8. The number of hydrogen-bond acceptors (Lipinski definition) is 4. The topological polar surface area (TPSA) is 51.1 Å². The van der Waals surface area contributed by atoms with Gasteiger partial charge in [0.1, 0.15) is 0 Å². The summed E-state index contributed by atoms with van der Waals surface area (Å²) in [6.45, 7) is 9.86. The minimum absolute atomic E-state index is 0.120. The standard InChI is InChI=1S/C38H66N4/c1-28(27-40-3)41-38-34(24-33-19-13-12-18-32(33)22-30-14-8-6-9-15-30)20-21-35(26-39)37(38)25-36(29(2)42(4)5)23-31-16-10-7-11-17-31/h30-38,40-41H,1-2,6-25,27H2,3-5H3/t32?,33-,34-,35+,36+,37-,38?/m0/s1. The quantitative estimate of drug-likeness (QED) is 0.216. The molecule has 0 bridgehead atoms. The smallest absolute Gasteiger partial charge is 0.0659 e. The average molecular weight is 579 g/mol.